The van der Waals surface area contributed by atoms with E-state index in [-0.39, 0.29) is 0 Å². The number of aromatic amines is 1. The highest BCUT2D eigenvalue weighted by atomic mass is 16.5. The van der Waals surface area contributed by atoms with Crippen LogP contribution >= 0.6 is 0 Å². The van der Waals surface area contributed by atoms with Gasteiger partial charge in [-0.05, 0) is 86.5 Å². The van der Waals surface area contributed by atoms with Crippen molar-refractivity contribution in [3.05, 3.63) is 112 Å². The number of imidazole rings is 1. The normalized spacial score (nSPS) is 11.3. The van der Waals surface area contributed by atoms with Gasteiger partial charge in [-0.15, -0.1) is 0 Å². The maximum atomic E-state index is 9.88. The number of hydrogen-bond acceptors (Lipinski definition) is 4. The molecule has 0 spiro atoms. The number of rotatable bonds is 6. The Bertz CT molecular complexity index is 1720. The second kappa shape index (κ2) is 9.89. The molecule has 0 saturated carbocycles. The van der Waals surface area contributed by atoms with E-state index in [0.717, 1.165) is 50.5 Å². The summed E-state index contributed by atoms with van der Waals surface area (Å²) in [5.74, 6) is 1.29. The van der Waals surface area contributed by atoms with E-state index >= 15 is 0 Å². The van der Waals surface area contributed by atoms with Crippen LogP contribution in [0.5, 0.6) is 5.75 Å². The highest BCUT2D eigenvalue weighted by Crippen LogP contribution is 2.27. The third-order valence-corrected chi connectivity index (χ3v) is 6.41. The summed E-state index contributed by atoms with van der Waals surface area (Å²) in [6, 6.07) is 27.9. The van der Waals surface area contributed by atoms with Crippen LogP contribution in [-0.4, -0.2) is 14.5 Å². The summed E-state index contributed by atoms with van der Waals surface area (Å²) in [5.41, 5.74) is 8.88. The molecule has 1 N–H and O–H groups in total. The minimum absolute atomic E-state index is 0.331. The summed E-state index contributed by atoms with van der Waals surface area (Å²) >= 11 is 0. The van der Waals surface area contributed by atoms with Crippen molar-refractivity contribution in [2.75, 3.05) is 0 Å². The second-order valence-electron chi connectivity index (χ2n) is 8.99. The number of hydrogen-bond donors (Lipinski definition) is 1. The molecule has 0 radical (unpaired) electrons. The molecular formula is C31H25N5O. The highest BCUT2D eigenvalue weighted by Gasteiger charge is 2.13. The minimum atomic E-state index is 0.331. The van der Waals surface area contributed by atoms with Crippen LogP contribution < -0.4 is 4.74 Å². The molecule has 3 aromatic carbocycles. The first-order valence-electron chi connectivity index (χ1n) is 12.0. The number of nitriles is 2. The standard InChI is InChI=1S/C31H25N5O/c1-20-8-13-29-30(14-20)35-31(34-29)26(18-33)16-25-15-21(2)36(22(25)3)27-9-11-28(12-10-27)37-19-24-7-5-4-6-23(24)17-32/h4-16H,19H2,1-3H3,(H,34,35). The Kier molecular flexibility index (Phi) is 6.32. The summed E-state index contributed by atoms with van der Waals surface area (Å²) in [6.07, 6.45) is 1.88. The third-order valence-electron chi connectivity index (χ3n) is 6.41. The fourth-order valence-electron chi connectivity index (χ4n) is 4.50. The molecule has 5 aromatic rings. The molecule has 2 heterocycles. The number of benzene rings is 3. The molecule has 0 aliphatic carbocycles. The summed E-state index contributed by atoms with van der Waals surface area (Å²) < 4.78 is 8.07. The monoisotopic (exact) mass is 483 g/mol. The number of aryl methyl sites for hydroxylation is 2. The van der Waals surface area contributed by atoms with E-state index in [2.05, 4.69) is 32.7 Å². The molecular weight excluding hydrogens is 458 g/mol. The molecule has 0 bridgehead atoms. The number of allylic oxidation sites excluding steroid dienone is 1. The smallest absolute Gasteiger partial charge is 0.149 e. The van der Waals surface area contributed by atoms with Gasteiger partial charge in [0.1, 0.15) is 24.3 Å². The average Bonchev–Trinajstić information content (AvgIpc) is 3.45. The molecule has 2 aromatic heterocycles. The van der Waals surface area contributed by atoms with Gasteiger partial charge in [0, 0.05) is 22.6 Å². The van der Waals surface area contributed by atoms with Crippen LogP contribution in [0.3, 0.4) is 0 Å². The lowest BCUT2D eigenvalue weighted by Gasteiger charge is -2.12. The molecule has 37 heavy (non-hydrogen) atoms. The lowest BCUT2D eigenvalue weighted by Crippen LogP contribution is -2.01. The van der Waals surface area contributed by atoms with Crippen molar-refractivity contribution in [2.45, 2.75) is 27.4 Å². The Hall–Kier alpha value is -5.07. The van der Waals surface area contributed by atoms with E-state index in [0.29, 0.717) is 23.6 Å². The number of nitrogens with one attached hydrogen (secondary N) is 1. The number of nitrogens with zero attached hydrogens (tertiary/aromatic N) is 4. The zero-order valence-electron chi connectivity index (χ0n) is 20.9. The minimum Gasteiger partial charge on any atom is -0.489 e. The first-order chi connectivity index (χ1) is 18.0. The molecule has 5 rings (SSSR count). The van der Waals surface area contributed by atoms with Gasteiger partial charge in [-0.2, -0.15) is 10.5 Å². The molecule has 6 heteroatoms. The van der Waals surface area contributed by atoms with Crippen molar-refractivity contribution in [1.29, 1.82) is 10.5 Å². The van der Waals surface area contributed by atoms with Gasteiger partial charge >= 0.3 is 0 Å². The number of fused-ring (bicyclic) bond motifs is 1. The molecule has 0 fully saturated rings. The van der Waals surface area contributed by atoms with Crippen LogP contribution in [-0.2, 0) is 6.61 Å². The van der Waals surface area contributed by atoms with Gasteiger partial charge in [0.15, 0.2) is 0 Å². The van der Waals surface area contributed by atoms with Crippen LogP contribution in [0.1, 0.15) is 39.5 Å². The Morgan fingerprint density at radius 3 is 2.54 bits per heavy atom. The van der Waals surface area contributed by atoms with Crippen molar-refractivity contribution in [3.63, 3.8) is 0 Å². The van der Waals surface area contributed by atoms with Crippen molar-refractivity contribution in [2.24, 2.45) is 0 Å². The predicted molar refractivity (Wildman–Crippen MR) is 145 cm³/mol. The van der Waals surface area contributed by atoms with Gasteiger partial charge in [-0.3, -0.25) is 0 Å². The summed E-state index contributed by atoms with van der Waals surface area (Å²) in [4.78, 5) is 7.89. The van der Waals surface area contributed by atoms with Crippen LogP contribution in [0.2, 0.25) is 0 Å². The lowest BCUT2D eigenvalue weighted by molar-refractivity contribution is 0.306. The van der Waals surface area contributed by atoms with Gasteiger partial charge in [0.05, 0.1) is 28.2 Å². The Labute approximate surface area is 215 Å². The fraction of sp³-hybridized carbons (Fsp3) is 0.129. The topological polar surface area (TPSA) is 90.4 Å². The Balaban J connectivity index is 1.39. The molecule has 180 valence electrons. The van der Waals surface area contributed by atoms with E-state index in [4.69, 9.17) is 4.74 Å². The Morgan fingerprint density at radius 1 is 1.00 bits per heavy atom. The maximum absolute atomic E-state index is 9.88. The van der Waals surface area contributed by atoms with E-state index in [1.54, 1.807) is 6.07 Å². The number of ether oxygens (including phenoxy) is 1. The molecule has 0 unspecified atom stereocenters. The molecule has 0 aliphatic heterocycles. The van der Waals surface area contributed by atoms with Crippen LogP contribution in [0.25, 0.3) is 28.4 Å². The van der Waals surface area contributed by atoms with Gasteiger partial charge < -0.3 is 14.3 Å². The van der Waals surface area contributed by atoms with Crippen LogP contribution in [0, 0.1) is 43.4 Å². The van der Waals surface area contributed by atoms with Gasteiger partial charge in [-0.25, -0.2) is 4.98 Å². The van der Waals surface area contributed by atoms with Gasteiger partial charge in [-0.1, -0.05) is 24.3 Å². The maximum Gasteiger partial charge on any atom is 0.149 e. The van der Waals surface area contributed by atoms with Crippen molar-refractivity contribution < 1.29 is 4.74 Å². The van der Waals surface area contributed by atoms with E-state index in [1.807, 2.05) is 87.5 Å². The Morgan fingerprint density at radius 2 is 1.78 bits per heavy atom. The highest BCUT2D eigenvalue weighted by molar-refractivity contribution is 5.91. The average molecular weight is 484 g/mol. The van der Waals surface area contributed by atoms with Crippen LogP contribution in [0.4, 0.5) is 0 Å². The zero-order chi connectivity index (χ0) is 25.9. The van der Waals surface area contributed by atoms with E-state index in [9.17, 15) is 10.5 Å². The van der Waals surface area contributed by atoms with E-state index < -0.39 is 0 Å². The van der Waals surface area contributed by atoms with Crippen molar-refractivity contribution in [1.82, 2.24) is 14.5 Å². The van der Waals surface area contributed by atoms with Gasteiger partial charge in [0.25, 0.3) is 0 Å². The summed E-state index contributed by atoms with van der Waals surface area (Å²) in [5, 5.41) is 19.2. The van der Waals surface area contributed by atoms with Crippen LogP contribution in [0.15, 0.2) is 72.8 Å². The molecule has 0 atom stereocenters. The molecule has 0 saturated heterocycles. The first kappa shape index (κ1) is 23.7. The summed E-state index contributed by atoms with van der Waals surface area (Å²) in [7, 11) is 0. The zero-order valence-corrected chi connectivity index (χ0v) is 20.9. The van der Waals surface area contributed by atoms with E-state index in [1.165, 1.54) is 0 Å². The second-order valence-corrected chi connectivity index (χ2v) is 8.99. The lowest BCUT2D eigenvalue weighted by atomic mass is 10.1. The van der Waals surface area contributed by atoms with Crippen molar-refractivity contribution in [3.8, 4) is 23.6 Å². The third kappa shape index (κ3) is 4.74. The van der Waals surface area contributed by atoms with Crippen molar-refractivity contribution >= 4 is 22.7 Å². The molecule has 6 nitrogen and oxygen atoms in total. The SMILES string of the molecule is Cc1ccc2nc(C(C#N)=Cc3cc(C)n(-c4ccc(OCc5ccccc5C#N)cc4)c3C)[nH]c2c1. The molecule has 0 amide bonds. The number of aromatic nitrogens is 3. The largest absolute Gasteiger partial charge is 0.489 e. The summed E-state index contributed by atoms with van der Waals surface area (Å²) in [6.45, 7) is 6.45. The van der Waals surface area contributed by atoms with Gasteiger partial charge in [0.2, 0.25) is 0 Å². The predicted octanol–water partition coefficient (Wildman–Crippen LogP) is 6.79. The number of H-pyrrole nitrogens is 1. The molecule has 0 aliphatic rings. The fourth-order valence-corrected chi connectivity index (χ4v) is 4.50. The quantitative estimate of drug-likeness (QED) is 0.269. The first-order valence-corrected chi connectivity index (χ1v) is 12.0.